The van der Waals surface area contributed by atoms with Crippen molar-refractivity contribution in [3.8, 4) is 0 Å². The van der Waals surface area contributed by atoms with Gasteiger partial charge in [0.2, 0.25) is 0 Å². The Morgan fingerprint density at radius 2 is 1.88 bits per heavy atom. The monoisotopic (exact) mass is 230 g/mol. The number of nitrogens with two attached hydrogens (primary N) is 1. The Balaban J connectivity index is 1.77. The van der Waals surface area contributed by atoms with E-state index >= 15 is 0 Å². The fourth-order valence-corrected chi connectivity index (χ4v) is 3.55. The van der Waals surface area contributed by atoms with Crippen LogP contribution in [-0.4, -0.2) is 23.0 Å². The zero-order valence-corrected chi connectivity index (χ0v) is 10.4. The molecule has 2 N–H and O–H groups in total. The van der Waals surface area contributed by atoms with Crippen LogP contribution < -0.4 is 5.73 Å². The van der Waals surface area contributed by atoms with E-state index in [9.17, 15) is 0 Å². The fourth-order valence-electron chi connectivity index (χ4n) is 3.55. The molecular weight excluding hydrogens is 208 g/mol. The first-order chi connectivity index (χ1) is 8.34. The van der Waals surface area contributed by atoms with Crippen LogP contribution in [0.25, 0.3) is 0 Å². The molecule has 0 saturated carbocycles. The summed E-state index contributed by atoms with van der Waals surface area (Å²) in [4.78, 5) is 2.67. The van der Waals surface area contributed by atoms with Crippen LogP contribution in [0.5, 0.6) is 0 Å². The second-order valence-electron chi connectivity index (χ2n) is 5.55. The minimum Gasteiger partial charge on any atom is -0.326 e. The maximum absolute atomic E-state index is 6.29. The minimum atomic E-state index is 0.398. The molecule has 2 aliphatic rings. The predicted octanol–water partition coefficient (Wildman–Crippen LogP) is 2.53. The van der Waals surface area contributed by atoms with Crippen LogP contribution in [0.1, 0.15) is 37.7 Å². The van der Waals surface area contributed by atoms with E-state index < -0.39 is 0 Å². The van der Waals surface area contributed by atoms with Gasteiger partial charge in [0, 0.05) is 24.7 Å². The molecule has 2 saturated heterocycles. The van der Waals surface area contributed by atoms with Crippen molar-refractivity contribution >= 4 is 0 Å². The van der Waals surface area contributed by atoms with E-state index in [1.165, 1.54) is 37.7 Å². The first kappa shape index (κ1) is 11.2. The van der Waals surface area contributed by atoms with E-state index in [1.807, 2.05) is 0 Å². The van der Waals surface area contributed by atoms with Gasteiger partial charge in [-0.25, -0.2) is 0 Å². The maximum Gasteiger partial charge on any atom is 0.0253 e. The Hall–Kier alpha value is -0.860. The standard InChI is InChI=1S/C15H22N2/c16-14-10-9-13-7-4-8-15(14)17(13)11-12-5-2-1-3-6-12/h1-3,5-6,13-15H,4,7-11,16H2/t13-,14-,15-/m1/s1. The molecule has 2 nitrogen and oxygen atoms in total. The minimum absolute atomic E-state index is 0.398. The second kappa shape index (κ2) is 4.79. The third-order valence-electron chi connectivity index (χ3n) is 4.47. The van der Waals surface area contributed by atoms with E-state index in [4.69, 9.17) is 5.73 Å². The lowest BCUT2D eigenvalue weighted by molar-refractivity contribution is 0.0200. The van der Waals surface area contributed by atoms with E-state index in [1.54, 1.807) is 0 Å². The Bertz CT molecular complexity index is 362. The van der Waals surface area contributed by atoms with Gasteiger partial charge < -0.3 is 5.73 Å². The molecule has 2 bridgehead atoms. The third-order valence-corrected chi connectivity index (χ3v) is 4.47. The second-order valence-corrected chi connectivity index (χ2v) is 5.55. The molecule has 0 unspecified atom stereocenters. The van der Waals surface area contributed by atoms with Gasteiger partial charge in [-0.05, 0) is 31.2 Å². The van der Waals surface area contributed by atoms with Crippen molar-refractivity contribution in [2.24, 2.45) is 5.73 Å². The van der Waals surface area contributed by atoms with Crippen molar-refractivity contribution in [3.05, 3.63) is 35.9 Å². The number of rotatable bonds is 2. The topological polar surface area (TPSA) is 29.3 Å². The molecule has 0 aliphatic carbocycles. The summed E-state index contributed by atoms with van der Waals surface area (Å²) in [6, 6.07) is 12.6. The molecule has 1 aromatic carbocycles. The number of nitrogens with zero attached hydrogens (tertiary/aromatic N) is 1. The lowest BCUT2D eigenvalue weighted by Crippen LogP contribution is -2.58. The number of fused-ring (bicyclic) bond motifs is 2. The van der Waals surface area contributed by atoms with Gasteiger partial charge in [-0.15, -0.1) is 0 Å². The molecule has 0 spiro atoms. The highest BCUT2D eigenvalue weighted by atomic mass is 15.2. The van der Waals surface area contributed by atoms with Crippen molar-refractivity contribution in [3.63, 3.8) is 0 Å². The summed E-state index contributed by atoms with van der Waals surface area (Å²) in [6.07, 6.45) is 6.56. The van der Waals surface area contributed by atoms with Crippen LogP contribution in [0.4, 0.5) is 0 Å². The number of hydrogen-bond donors (Lipinski definition) is 1. The average Bonchev–Trinajstić information content (AvgIpc) is 2.36. The first-order valence-corrected chi connectivity index (χ1v) is 6.90. The van der Waals surface area contributed by atoms with Crippen LogP contribution in [0, 0.1) is 0 Å². The summed E-state index contributed by atoms with van der Waals surface area (Å²) in [5.74, 6) is 0. The molecule has 17 heavy (non-hydrogen) atoms. The SMILES string of the molecule is N[C@@H]1CC[C@H]2CCC[C@H]1N2Cc1ccccc1. The molecule has 0 aromatic heterocycles. The summed E-state index contributed by atoms with van der Waals surface area (Å²) >= 11 is 0. The molecule has 2 heteroatoms. The van der Waals surface area contributed by atoms with E-state index in [0.717, 1.165) is 12.6 Å². The van der Waals surface area contributed by atoms with Crippen molar-refractivity contribution in [1.29, 1.82) is 0 Å². The summed E-state index contributed by atoms with van der Waals surface area (Å²) in [5.41, 5.74) is 7.72. The normalized spacial score (nSPS) is 33.6. The van der Waals surface area contributed by atoms with Crippen molar-refractivity contribution in [1.82, 2.24) is 4.90 Å². The Kier molecular flexibility index (Phi) is 3.17. The molecule has 3 atom stereocenters. The van der Waals surface area contributed by atoms with Crippen LogP contribution in [0.15, 0.2) is 30.3 Å². The van der Waals surface area contributed by atoms with E-state index in [-0.39, 0.29) is 0 Å². The van der Waals surface area contributed by atoms with Gasteiger partial charge in [-0.2, -0.15) is 0 Å². The quantitative estimate of drug-likeness (QED) is 0.846. The molecule has 2 heterocycles. The smallest absolute Gasteiger partial charge is 0.0253 e. The molecule has 0 amide bonds. The molecule has 1 aromatic rings. The van der Waals surface area contributed by atoms with Crippen LogP contribution in [0.3, 0.4) is 0 Å². The largest absolute Gasteiger partial charge is 0.326 e. The Morgan fingerprint density at radius 3 is 2.71 bits per heavy atom. The molecule has 2 aliphatic heterocycles. The lowest BCUT2D eigenvalue weighted by Gasteiger charge is -2.49. The van der Waals surface area contributed by atoms with Gasteiger partial charge in [0.05, 0.1) is 0 Å². The zero-order valence-electron chi connectivity index (χ0n) is 10.4. The lowest BCUT2D eigenvalue weighted by atomic mass is 9.81. The first-order valence-electron chi connectivity index (χ1n) is 6.90. The van der Waals surface area contributed by atoms with Crippen molar-refractivity contribution in [2.45, 2.75) is 56.8 Å². The number of hydrogen-bond acceptors (Lipinski definition) is 2. The van der Waals surface area contributed by atoms with Crippen molar-refractivity contribution in [2.75, 3.05) is 0 Å². The highest BCUT2D eigenvalue weighted by Crippen LogP contribution is 2.34. The Morgan fingerprint density at radius 1 is 1.06 bits per heavy atom. The van der Waals surface area contributed by atoms with Crippen molar-refractivity contribution < 1.29 is 0 Å². The van der Waals surface area contributed by atoms with Gasteiger partial charge in [0.25, 0.3) is 0 Å². The van der Waals surface area contributed by atoms with Crippen LogP contribution in [-0.2, 0) is 6.54 Å². The molecule has 3 rings (SSSR count). The third kappa shape index (κ3) is 2.24. The number of piperidine rings is 2. The maximum atomic E-state index is 6.29. The van der Waals surface area contributed by atoms with Gasteiger partial charge in [-0.3, -0.25) is 4.90 Å². The van der Waals surface area contributed by atoms with Crippen LogP contribution in [0.2, 0.25) is 0 Å². The summed E-state index contributed by atoms with van der Waals surface area (Å²) < 4.78 is 0. The zero-order chi connectivity index (χ0) is 11.7. The summed E-state index contributed by atoms with van der Waals surface area (Å²) in [7, 11) is 0. The van der Waals surface area contributed by atoms with E-state index in [2.05, 4.69) is 35.2 Å². The number of benzene rings is 1. The van der Waals surface area contributed by atoms with E-state index in [0.29, 0.717) is 12.1 Å². The highest BCUT2D eigenvalue weighted by Gasteiger charge is 2.37. The fraction of sp³-hybridized carbons (Fsp3) is 0.600. The molecular formula is C15H22N2. The molecule has 2 fully saturated rings. The van der Waals surface area contributed by atoms with Crippen LogP contribution >= 0.6 is 0 Å². The Labute approximate surface area is 104 Å². The van der Waals surface area contributed by atoms with Gasteiger partial charge in [0.15, 0.2) is 0 Å². The average molecular weight is 230 g/mol. The summed E-state index contributed by atoms with van der Waals surface area (Å²) in [5, 5.41) is 0. The predicted molar refractivity (Wildman–Crippen MR) is 70.6 cm³/mol. The van der Waals surface area contributed by atoms with Gasteiger partial charge >= 0.3 is 0 Å². The van der Waals surface area contributed by atoms with Gasteiger partial charge in [0.1, 0.15) is 0 Å². The highest BCUT2D eigenvalue weighted by molar-refractivity contribution is 5.15. The molecule has 0 radical (unpaired) electrons. The summed E-state index contributed by atoms with van der Waals surface area (Å²) in [6.45, 7) is 1.09. The van der Waals surface area contributed by atoms with Gasteiger partial charge in [-0.1, -0.05) is 36.8 Å². The molecule has 92 valence electrons.